The summed E-state index contributed by atoms with van der Waals surface area (Å²) in [5.41, 5.74) is 16.3. The van der Waals surface area contributed by atoms with Gasteiger partial charge in [0.1, 0.15) is 24.2 Å². The van der Waals surface area contributed by atoms with E-state index in [9.17, 15) is 53.4 Å². The highest BCUT2D eigenvalue weighted by molar-refractivity contribution is 5.96. The molecule has 0 rings (SSSR count). The van der Waals surface area contributed by atoms with Crippen molar-refractivity contribution < 1.29 is 63.6 Å². The minimum atomic E-state index is -1.85. The van der Waals surface area contributed by atoms with Gasteiger partial charge in [-0.2, -0.15) is 0 Å². The molecule has 254 valence electrons. The van der Waals surface area contributed by atoms with Crippen LogP contribution in [0.3, 0.4) is 0 Å². The molecule has 0 aliphatic rings. The Kier molecular flexibility index (Phi) is 18.7. The zero-order valence-corrected chi connectivity index (χ0v) is 24.4. The van der Waals surface area contributed by atoms with Gasteiger partial charge in [0, 0.05) is 19.3 Å². The number of carboxylic acids is 4. The second-order valence-corrected chi connectivity index (χ2v) is 9.94. The average Bonchev–Trinajstić information content (AvgIpc) is 2.94. The van der Waals surface area contributed by atoms with E-state index in [0.29, 0.717) is 6.42 Å². The van der Waals surface area contributed by atoms with Crippen molar-refractivity contribution in [2.24, 2.45) is 17.2 Å². The summed E-state index contributed by atoms with van der Waals surface area (Å²) in [7, 11) is 0. The SMILES string of the molecule is NCCCC[C@H](NC(=O)[C@H](CCC(N)=O)NC(=O)[C@@H](N)CCC(=O)O)C(=O)N[C@@H](CC(=O)O)C(=O)N[C@@H](CCC(=O)O)C(=O)O. The van der Waals surface area contributed by atoms with Gasteiger partial charge in [0.05, 0.1) is 12.5 Å². The molecular formula is C25H41N7O13. The van der Waals surface area contributed by atoms with Gasteiger partial charge in [0.25, 0.3) is 0 Å². The van der Waals surface area contributed by atoms with Crippen molar-refractivity contribution in [2.75, 3.05) is 6.54 Å². The zero-order chi connectivity index (χ0) is 34.7. The molecule has 0 saturated carbocycles. The fourth-order valence-electron chi connectivity index (χ4n) is 3.73. The lowest BCUT2D eigenvalue weighted by Gasteiger charge is -2.26. The summed E-state index contributed by atoms with van der Waals surface area (Å²) in [4.78, 5) is 107. The number of aliphatic carboxylic acids is 4. The van der Waals surface area contributed by atoms with Crippen LogP contribution in [0.1, 0.15) is 64.2 Å². The van der Waals surface area contributed by atoms with E-state index in [0.717, 1.165) is 0 Å². The highest BCUT2D eigenvalue weighted by atomic mass is 16.4. The smallest absolute Gasteiger partial charge is 0.326 e. The van der Waals surface area contributed by atoms with Gasteiger partial charge in [-0.05, 0) is 45.1 Å². The third-order valence-electron chi connectivity index (χ3n) is 6.17. The predicted molar refractivity (Wildman–Crippen MR) is 151 cm³/mol. The molecule has 0 aliphatic carbocycles. The molecule has 0 bridgehead atoms. The Hall–Kier alpha value is -4.85. The molecular weight excluding hydrogens is 606 g/mol. The van der Waals surface area contributed by atoms with E-state index in [-0.39, 0.29) is 38.6 Å². The van der Waals surface area contributed by atoms with Crippen LogP contribution in [0, 0.1) is 0 Å². The molecule has 0 radical (unpaired) electrons. The molecule has 0 aromatic heterocycles. The lowest BCUT2D eigenvalue weighted by atomic mass is 10.0. The van der Waals surface area contributed by atoms with E-state index in [1.54, 1.807) is 0 Å². The molecule has 0 aromatic carbocycles. The lowest BCUT2D eigenvalue weighted by molar-refractivity contribution is -0.144. The van der Waals surface area contributed by atoms with Crippen LogP contribution in [0.2, 0.25) is 0 Å². The number of hydrogen-bond acceptors (Lipinski definition) is 11. The molecule has 0 aliphatic heterocycles. The van der Waals surface area contributed by atoms with Crippen LogP contribution in [-0.2, 0) is 43.2 Å². The second-order valence-electron chi connectivity index (χ2n) is 9.94. The fraction of sp³-hybridized carbons (Fsp3) is 0.640. The number of primary amides is 1. The Morgan fingerprint density at radius 3 is 1.47 bits per heavy atom. The predicted octanol–water partition coefficient (Wildman–Crippen LogP) is -4.06. The number of nitrogens with one attached hydrogen (secondary N) is 4. The van der Waals surface area contributed by atoms with Gasteiger partial charge in [-0.1, -0.05) is 0 Å². The first kappa shape index (κ1) is 40.1. The maximum absolute atomic E-state index is 13.2. The third kappa shape index (κ3) is 17.8. The summed E-state index contributed by atoms with van der Waals surface area (Å²) in [6.07, 6.45) is -3.12. The van der Waals surface area contributed by atoms with Gasteiger partial charge in [0.15, 0.2) is 0 Å². The Balaban J connectivity index is 5.97. The minimum absolute atomic E-state index is 0.0961. The van der Waals surface area contributed by atoms with Gasteiger partial charge >= 0.3 is 23.9 Å². The van der Waals surface area contributed by atoms with Crippen LogP contribution in [0.5, 0.6) is 0 Å². The second kappa shape index (κ2) is 21.0. The van der Waals surface area contributed by atoms with Gasteiger partial charge in [-0.25, -0.2) is 4.79 Å². The maximum atomic E-state index is 13.2. The average molecular weight is 648 g/mol. The van der Waals surface area contributed by atoms with Crippen molar-refractivity contribution in [3.63, 3.8) is 0 Å². The van der Waals surface area contributed by atoms with Gasteiger partial charge < -0.3 is 58.9 Å². The highest BCUT2D eigenvalue weighted by Gasteiger charge is 2.33. The number of rotatable bonds is 24. The summed E-state index contributed by atoms with van der Waals surface area (Å²) in [6, 6.07) is -7.85. The number of carboxylic acid groups (broad SMARTS) is 4. The van der Waals surface area contributed by atoms with E-state index in [1.807, 2.05) is 5.32 Å². The Morgan fingerprint density at radius 1 is 0.533 bits per heavy atom. The van der Waals surface area contributed by atoms with Gasteiger partial charge in [-0.3, -0.25) is 38.4 Å². The van der Waals surface area contributed by atoms with Crippen molar-refractivity contribution >= 4 is 53.4 Å². The number of hydrogen-bond donors (Lipinski definition) is 11. The minimum Gasteiger partial charge on any atom is -0.481 e. The summed E-state index contributed by atoms with van der Waals surface area (Å²) < 4.78 is 0. The number of amides is 5. The molecule has 20 nitrogen and oxygen atoms in total. The van der Waals surface area contributed by atoms with E-state index in [1.165, 1.54) is 0 Å². The van der Waals surface area contributed by atoms with E-state index >= 15 is 0 Å². The fourth-order valence-corrected chi connectivity index (χ4v) is 3.73. The van der Waals surface area contributed by atoms with Crippen molar-refractivity contribution in [3.05, 3.63) is 0 Å². The maximum Gasteiger partial charge on any atom is 0.326 e. The molecule has 0 aromatic rings. The quantitative estimate of drug-likeness (QED) is 0.0444. The largest absolute Gasteiger partial charge is 0.481 e. The van der Waals surface area contributed by atoms with Crippen LogP contribution in [0.4, 0.5) is 0 Å². The number of carbonyl (C=O) groups excluding carboxylic acids is 5. The van der Waals surface area contributed by atoms with E-state index < -0.39 is 109 Å². The highest BCUT2D eigenvalue weighted by Crippen LogP contribution is 2.07. The summed E-state index contributed by atoms with van der Waals surface area (Å²) >= 11 is 0. The van der Waals surface area contributed by atoms with Crippen LogP contribution in [-0.4, -0.2) is 111 Å². The monoisotopic (exact) mass is 647 g/mol. The van der Waals surface area contributed by atoms with Crippen LogP contribution in [0.25, 0.3) is 0 Å². The van der Waals surface area contributed by atoms with Crippen LogP contribution >= 0.6 is 0 Å². The van der Waals surface area contributed by atoms with Crippen molar-refractivity contribution in [1.82, 2.24) is 21.3 Å². The van der Waals surface area contributed by atoms with E-state index in [2.05, 4.69) is 16.0 Å². The molecule has 0 heterocycles. The van der Waals surface area contributed by atoms with Crippen LogP contribution < -0.4 is 38.5 Å². The zero-order valence-electron chi connectivity index (χ0n) is 24.4. The number of unbranched alkanes of at least 4 members (excludes halogenated alkanes) is 1. The van der Waals surface area contributed by atoms with Gasteiger partial charge in [0.2, 0.25) is 29.5 Å². The molecule has 0 unspecified atom stereocenters. The first-order chi connectivity index (χ1) is 21.0. The molecule has 20 heteroatoms. The topological polar surface area (TPSA) is 361 Å². The molecule has 0 spiro atoms. The lowest BCUT2D eigenvalue weighted by Crippen LogP contribution is -2.58. The summed E-state index contributed by atoms with van der Waals surface area (Å²) in [5.74, 6) is -10.8. The molecule has 0 fully saturated rings. The van der Waals surface area contributed by atoms with Crippen molar-refractivity contribution in [3.8, 4) is 0 Å². The molecule has 5 atom stereocenters. The summed E-state index contributed by atoms with van der Waals surface area (Å²) in [5, 5.41) is 44.9. The third-order valence-corrected chi connectivity index (χ3v) is 6.17. The number of nitrogens with two attached hydrogens (primary N) is 3. The standard InChI is InChI=1S/C25H41N7O13/c26-10-2-1-3-13(30-23(42)14(5-7-17(28)33)29-21(40)12(27)4-8-18(34)35)22(41)32-16(11-20(38)39)24(43)31-15(25(44)45)6-9-19(36)37/h12-16H,1-11,26-27H2,(H2,28,33)(H,29,40)(H,30,42)(H,31,43)(H,32,41)(H,34,35)(H,36,37)(H,38,39)(H,44,45)/t12-,13-,14-,15-,16-/m0/s1. The van der Waals surface area contributed by atoms with E-state index in [4.69, 9.17) is 27.4 Å². The van der Waals surface area contributed by atoms with Crippen LogP contribution in [0.15, 0.2) is 0 Å². The van der Waals surface area contributed by atoms with Crippen molar-refractivity contribution in [2.45, 2.75) is 94.4 Å². The Morgan fingerprint density at radius 2 is 0.978 bits per heavy atom. The molecule has 45 heavy (non-hydrogen) atoms. The Bertz CT molecular complexity index is 1100. The molecule has 14 N–H and O–H groups in total. The van der Waals surface area contributed by atoms with Crippen molar-refractivity contribution in [1.29, 1.82) is 0 Å². The molecule has 0 saturated heterocycles. The first-order valence-corrected chi connectivity index (χ1v) is 13.8. The molecule has 5 amide bonds. The first-order valence-electron chi connectivity index (χ1n) is 13.8. The Labute approximate surface area is 256 Å². The van der Waals surface area contributed by atoms with Gasteiger partial charge in [-0.15, -0.1) is 0 Å². The number of carbonyl (C=O) groups is 9. The summed E-state index contributed by atoms with van der Waals surface area (Å²) in [6.45, 7) is 0.199. The normalized spacial score (nSPS) is 14.0.